The summed E-state index contributed by atoms with van der Waals surface area (Å²) in [5.41, 5.74) is 0. The SMILES string of the molecule is C1=CC2C=C[C@H]2O1. The van der Waals surface area contributed by atoms with Crippen LogP contribution in [0.4, 0.5) is 0 Å². The minimum Gasteiger partial charge on any atom is -0.493 e. The highest BCUT2D eigenvalue weighted by Crippen LogP contribution is 2.27. The molecule has 2 rings (SSSR count). The van der Waals surface area contributed by atoms with Crippen LogP contribution in [-0.4, -0.2) is 6.10 Å². The second-order valence-electron chi connectivity index (χ2n) is 1.89. The van der Waals surface area contributed by atoms with Crippen LogP contribution in [-0.2, 0) is 4.74 Å². The Kier molecular flexibility index (Phi) is 0.432. The van der Waals surface area contributed by atoms with Crippen molar-refractivity contribution < 1.29 is 4.74 Å². The molecule has 2 atom stereocenters. The van der Waals surface area contributed by atoms with Crippen LogP contribution < -0.4 is 0 Å². The molecular weight excluding hydrogens is 88.1 g/mol. The van der Waals surface area contributed by atoms with Gasteiger partial charge in [0.05, 0.1) is 6.26 Å². The van der Waals surface area contributed by atoms with Crippen LogP contribution in [0.5, 0.6) is 0 Å². The number of rotatable bonds is 0. The molecule has 0 amide bonds. The van der Waals surface area contributed by atoms with Crippen molar-refractivity contribution in [2.24, 2.45) is 5.92 Å². The van der Waals surface area contributed by atoms with Crippen molar-refractivity contribution in [3.05, 3.63) is 24.5 Å². The van der Waals surface area contributed by atoms with Crippen LogP contribution in [0, 0.1) is 5.92 Å². The Morgan fingerprint density at radius 3 is 2.43 bits per heavy atom. The van der Waals surface area contributed by atoms with Crippen LogP contribution in [0.1, 0.15) is 0 Å². The highest BCUT2D eigenvalue weighted by Gasteiger charge is 2.25. The molecule has 1 nitrogen and oxygen atoms in total. The lowest BCUT2D eigenvalue weighted by Gasteiger charge is -2.18. The van der Waals surface area contributed by atoms with Gasteiger partial charge in [-0.2, -0.15) is 0 Å². The lowest BCUT2D eigenvalue weighted by atomic mass is 9.94. The summed E-state index contributed by atoms with van der Waals surface area (Å²) in [6.07, 6.45) is 8.47. The van der Waals surface area contributed by atoms with E-state index in [-0.39, 0.29) is 0 Å². The second-order valence-corrected chi connectivity index (χ2v) is 1.89. The van der Waals surface area contributed by atoms with E-state index in [1.165, 1.54) is 0 Å². The molecule has 1 heterocycles. The first-order valence-corrected chi connectivity index (χ1v) is 2.47. The van der Waals surface area contributed by atoms with Gasteiger partial charge in [0.15, 0.2) is 0 Å². The number of fused-ring (bicyclic) bond motifs is 1. The zero-order chi connectivity index (χ0) is 4.69. The van der Waals surface area contributed by atoms with E-state index in [0.717, 1.165) is 0 Å². The molecule has 1 heteroatoms. The molecule has 0 saturated heterocycles. The predicted molar refractivity (Wildman–Crippen MR) is 26.6 cm³/mol. The van der Waals surface area contributed by atoms with E-state index in [1.807, 2.05) is 0 Å². The number of hydrogen-bond donors (Lipinski definition) is 0. The van der Waals surface area contributed by atoms with Crippen molar-refractivity contribution in [3.63, 3.8) is 0 Å². The highest BCUT2D eigenvalue weighted by atomic mass is 16.5. The van der Waals surface area contributed by atoms with Crippen LogP contribution in [0.15, 0.2) is 24.5 Å². The zero-order valence-electron chi connectivity index (χ0n) is 3.87. The Morgan fingerprint density at radius 1 is 1.14 bits per heavy atom. The molecule has 0 saturated carbocycles. The summed E-state index contributed by atoms with van der Waals surface area (Å²) in [6, 6.07) is 0. The summed E-state index contributed by atoms with van der Waals surface area (Å²) in [6.45, 7) is 0. The van der Waals surface area contributed by atoms with Gasteiger partial charge in [0.2, 0.25) is 0 Å². The fourth-order valence-corrected chi connectivity index (χ4v) is 0.867. The van der Waals surface area contributed by atoms with Gasteiger partial charge in [0.25, 0.3) is 0 Å². The normalized spacial score (nSPS) is 42.3. The van der Waals surface area contributed by atoms with Crippen molar-refractivity contribution in [3.8, 4) is 0 Å². The summed E-state index contributed by atoms with van der Waals surface area (Å²) in [7, 11) is 0. The van der Waals surface area contributed by atoms with Crippen molar-refractivity contribution in [1.29, 1.82) is 0 Å². The maximum atomic E-state index is 5.08. The van der Waals surface area contributed by atoms with Gasteiger partial charge in [-0.15, -0.1) is 0 Å². The average Bonchev–Trinajstić information content (AvgIpc) is 1.85. The van der Waals surface area contributed by atoms with E-state index in [4.69, 9.17) is 4.74 Å². The van der Waals surface area contributed by atoms with Gasteiger partial charge in [-0.3, -0.25) is 0 Å². The van der Waals surface area contributed by atoms with Gasteiger partial charge < -0.3 is 4.74 Å². The molecule has 7 heavy (non-hydrogen) atoms. The van der Waals surface area contributed by atoms with Crippen molar-refractivity contribution in [2.45, 2.75) is 6.10 Å². The third-order valence-electron chi connectivity index (χ3n) is 1.44. The van der Waals surface area contributed by atoms with Gasteiger partial charge in [0, 0.05) is 5.92 Å². The largest absolute Gasteiger partial charge is 0.493 e. The van der Waals surface area contributed by atoms with E-state index >= 15 is 0 Å². The van der Waals surface area contributed by atoms with E-state index < -0.39 is 0 Å². The highest BCUT2D eigenvalue weighted by molar-refractivity contribution is 5.21. The first kappa shape index (κ1) is 3.30. The average molecular weight is 94.1 g/mol. The van der Waals surface area contributed by atoms with E-state index in [0.29, 0.717) is 12.0 Å². The number of hydrogen-bond acceptors (Lipinski definition) is 1. The first-order valence-electron chi connectivity index (χ1n) is 2.47. The maximum absolute atomic E-state index is 5.08. The monoisotopic (exact) mass is 94.0 g/mol. The predicted octanol–water partition coefficient (Wildman–Crippen LogP) is 1.08. The van der Waals surface area contributed by atoms with Gasteiger partial charge in [0.1, 0.15) is 6.10 Å². The summed E-state index contributed by atoms with van der Waals surface area (Å²) in [5, 5.41) is 0. The third kappa shape index (κ3) is 0.279. The molecule has 0 fully saturated rings. The van der Waals surface area contributed by atoms with Gasteiger partial charge in [-0.25, -0.2) is 0 Å². The van der Waals surface area contributed by atoms with Crippen molar-refractivity contribution in [1.82, 2.24) is 0 Å². The Labute approximate surface area is 42.3 Å². The summed E-state index contributed by atoms with van der Waals surface area (Å²) >= 11 is 0. The Balaban J connectivity index is 2.29. The minimum absolute atomic E-state index is 0.403. The van der Waals surface area contributed by atoms with E-state index in [1.54, 1.807) is 6.26 Å². The smallest absolute Gasteiger partial charge is 0.126 e. The van der Waals surface area contributed by atoms with E-state index in [9.17, 15) is 0 Å². The lowest BCUT2D eigenvalue weighted by molar-refractivity contribution is 0.177. The second kappa shape index (κ2) is 0.915. The fourth-order valence-electron chi connectivity index (χ4n) is 0.867. The Bertz CT molecular complexity index is 135. The fraction of sp³-hybridized carbons (Fsp3) is 0.333. The molecule has 1 aliphatic carbocycles. The van der Waals surface area contributed by atoms with Crippen LogP contribution in [0.25, 0.3) is 0 Å². The summed E-state index contributed by atoms with van der Waals surface area (Å²) in [4.78, 5) is 0. The molecule has 0 aromatic rings. The van der Waals surface area contributed by atoms with E-state index in [2.05, 4.69) is 18.2 Å². The summed E-state index contributed by atoms with van der Waals surface area (Å²) < 4.78 is 5.08. The molecule has 1 unspecified atom stereocenters. The Hall–Kier alpha value is -0.720. The molecule has 0 spiro atoms. The molecular formula is C6H6O. The van der Waals surface area contributed by atoms with Gasteiger partial charge >= 0.3 is 0 Å². The standard InChI is InChI=1S/C6H6O/c1-2-6-5(1)3-4-7-6/h1-6H/t5?,6-/m1/s1. The Morgan fingerprint density at radius 2 is 2.14 bits per heavy atom. The van der Waals surface area contributed by atoms with Gasteiger partial charge in [-0.05, 0) is 12.2 Å². The number of ether oxygens (including phenoxy) is 1. The maximum Gasteiger partial charge on any atom is 0.126 e. The van der Waals surface area contributed by atoms with Gasteiger partial charge in [-0.1, -0.05) is 6.08 Å². The molecule has 0 aromatic heterocycles. The van der Waals surface area contributed by atoms with Crippen molar-refractivity contribution in [2.75, 3.05) is 0 Å². The lowest BCUT2D eigenvalue weighted by Crippen LogP contribution is -2.18. The summed E-state index contributed by atoms with van der Waals surface area (Å²) in [5.74, 6) is 0.611. The molecule has 0 N–H and O–H groups in total. The molecule has 2 aliphatic rings. The van der Waals surface area contributed by atoms with Crippen LogP contribution in [0.3, 0.4) is 0 Å². The molecule has 1 aliphatic heterocycles. The minimum atomic E-state index is 0.403. The quantitative estimate of drug-likeness (QED) is 0.408. The molecule has 0 bridgehead atoms. The molecule has 0 radical (unpaired) electrons. The topological polar surface area (TPSA) is 9.23 Å². The zero-order valence-corrected chi connectivity index (χ0v) is 3.87. The van der Waals surface area contributed by atoms with Crippen LogP contribution in [0.2, 0.25) is 0 Å². The third-order valence-corrected chi connectivity index (χ3v) is 1.44. The van der Waals surface area contributed by atoms with Crippen LogP contribution >= 0.6 is 0 Å². The first-order chi connectivity index (χ1) is 3.47. The van der Waals surface area contributed by atoms with Crippen molar-refractivity contribution >= 4 is 0 Å². The molecule has 36 valence electrons. The molecule has 0 aromatic carbocycles.